The number of carbonyl (C=O) groups is 2. The first-order valence-electron chi connectivity index (χ1n) is 13.4. The van der Waals surface area contributed by atoms with Crippen molar-refractivity contribution in [1.29, 1.82) is 0 Å². The first kappa shape index (κ1) is 24.5. The smallest absolute Gasteiger partial charge is 0.271 e. The molecule has 8 heteroatoms. The molecule has 1 atom stereocenters. The van der Waals surface area contributed by atoms with E-state index < -0.39 is 0 Å². The zero-order valence-corrected chi connectivity index (χ0v) is 21.5. The molecule has 3 heterocycles. The summed E-state index contributed by atoms with van der Waals surface area (Å²) >= 11 is 0. The van der Waals surface area contributed by atoms with Crippen molar-refractivity contribution in [3.63, 3.8) is 0 Å². The van der Waals surface area contributed by atoms with E-state index in [-0.39, 0.29) is 23.3 Å². The fourth-order valence-corrected chi connectivity index (χ4v) is 5.88. The van der Waals surface area contributed by atoms with Gasteiger partial charge in [0.25, 0.3) is 5.56 Å². The van der Waals surface area contributed by atoms with Crippen LogP contribution in [0.2, 0.25) is 0 Å². The third kappa shape index (κ3) is 5.04. The van der Waals surface area contributed by atoms with E-state index in [1.165, 1.54) is 29.5 Å². The molecule has 1 aromatic carbocycles. The van der Waals surface area contributed by atoms with Gasteiger partial charge in [0, 0.05) is 51.3 Å². The molecule has 5 rings (SSSR count). The Morgan fingerprint density at radius 2 is 1.69 bits per heavy atom. The van der Waals surface area contributed by atoms with Crippen LogP contribution < -0.4 is 10.5 Å². The van der Waals surface area contributed by atoms with Gasteiger partial charge in [-0.25, -0.2) is 0 Å². The van der Waals surface area contributed by atoms with E-state index in [0.717, 1.165) is 42.9 Å². The van der Waals surface area contributed by atoms with Crippen LogP contribution in [0.4, 0.5) is 5.82 Å². The number of anilines is 1. The van der Waals surface area contributed by atoms with Crippen molar-refractivity contribution in [2.45, 2.75) is 64.8 Å². The van der Waals surface area contributed by atoms with Crippen LogP contribution in [0.15, 0.2) is 35.1 Å². The van der Waals surface area contributed by atoms with Crippen LogP contribution in [0.1, 0.15) is 56.1 Å². The van der Waals surface area contributed by atoms with Gasteiger partial charge in [-0.15, -0.1) is 5.10 Å². The normalized spacial score (nSPS) is 21.7. The van der Waals surface area contributed by atoms with Crippen molar-refractivity contribution in [2.75, 3.05) is 37.6 Å². The fourth-order valence-electron chi connectivity index (χ4n) is 5.88. The maximum Gasteiger partial charge on any atom is 0.271 e. The van der Waals surface area contributed by atoms with Gasteiger partial charge in [0.15, 0.2) is 0 Å². The molecule has 2 amide bonds. The third-order valence-corrected chi connectivity index (χ3v) is 8.18. The van der Waals surface area contributed by atoms with Crippen molar-refractivity contribution in [3.05, 3.63) is 51.8 Å². The topological polar surface area (TPSA) is 78.8 Å². The second-order valence-electron chi connectivity index (χ2n) is 10.6. The first-order chi connectivity index (χ1) is 17.4. The number of nitrogens with zero attached hydrogens (tertiary/aromatic N) is 5. The summed E-state index contributed by atoms with van der Waals surface area (Å²) in [4.78, 5) is 44.7. The molecular formula is C28H37N5O3. The van der Waals surface area contributed by atoms with Crippen molar-refractivity contribution < 1.29 is 9.59 Å². The van der Waals surface area contributed by atoms with E-state index in [4.69, 9.17) is 0 Å². The Morgan fingerprint density at radius 3 is 2.47 bits per heavy atom. The quantitative estimate of drug-likeness (QED) is 0.657. The van der Waals surface area contributed by atoms with Gasteiger partial charge < -0.3 is 14.7 Å². The summed E-state index contributed by atoms with van der Waals surface area (Å²) in [6.45, 7) is 7.34. The molecule has 2 saturated heterocycles. The zero-order valence-electron chi connectivity index (χ0n) is 21.5. The van der Waals surface area contributed by atoms with E-state index in [1.807, 2.05) is 41.8 Å². The Labute approximate surface area is 212 Å². The summed E-state index contributed by atoms with van der Waals surface area (Å²) in [6, 6.07) is 9.57. The van der Waals surface area contributed by atoms with Gasteiger partial charge in [-0.2, -0.15) is 4.68 Å². The van der Waals surface area contributed by atoms with Crippen molar-refractivity contribution >= 4 is 17.6 Å². The number of amides is 2. The molecule has 192 valence electrons. The standard InChI is InChI=1S/C28H37N5O3/c1-20-9-10-24(17-21(20)2)33-26(34)12-11-25(29-33)30-13-6-14-31(16-15-30)28(36)22-18-27(35)32(19-22)23-7-4-3-5-8-23/h9-12,17,22-23H,3-8,13-16,18-19H2,1-2H3. The van der Waals surface area contributed by atoms with E-state index in [0.29, 0.717) is 38.6 Å². The van der Waals surface area contributed by atoms with Crippen LogP contribution in [0.25, 0.3) is 5.69 Å². The lowest BCUT2D eigenvalue weighted by molar-refractivity contribution is -0.135. The van der Waals surface area contributed by atoms with Crippen molar-refractivity contribution in [2.24, 2.45) is 5.92 Å². The number of hydrogen-bond donors (Lipinski definition) is 0. The monoisotopic (exact) mass is 491 g/mol. The highest BCUT2D eigenvalue weighted by atomic mass is 16.2. The Morgan fingerprint density at radius 1 is 0.889 bits per heavy atom. The molecule has 3 fully saturated rings. The Bertz CT molecular complexity index is 1190. The number of likely N-dealkylation sites (tertiary alicyclic amines) is 1. The Kier molecular flexibility index (Phi) is 7.12. The van der Waals surface area contributed by atoms with Crippen molar-refractivity contribution in [3.8, 4) is 5.69 Å². The molecule has 0 radical (unpaired) electrons. The van der Waals surface area contributed by atoms with Gasteiger partial charge in [0.1, 0.15) is 5.82 Å². The summed E-state index contributed by atoms with van der Waals surface area (Å²) < 4.78 is 1.46. The fraction of sp³-hybridized carbons (Fsp3) is 0.571. The third-order valence-electron chi connectivity index (χ3n) is 8.18. The molecule has 2 aliphatic heterocycles. The maximum atomic E-state index is 13.4. The van der Waals surface area contributed by atoms with E-state index in [1.54, 1.807) is 12.1 Å². The number of carbonyl (C=O) groups excluding carboxylic acids is 2. The van der Waals surface area contributed by atoms with Crippen LogP contribution in [-0.4, -0.2) is 70.2 Å². The molecule has 3 aliphatic rings. The lowest BCUT2D eigenvalue weighted by Crippen LogP contribution is -2.41. The van der Waals surface area contributed by atoms with Gasteiger partial charge in [-0.3, -0.25) is 14.4 Å². The van der Waals surface area contributed by atoms with E-state index in [2.05, 4.69) is 10.00 Å². The molecule has 36 heavy (non-hydrogen) atoms. The van der Waals surface area contributed by atoms with Gasteiger partial charge in [-0.05, 0) is 62.4 Å². The second-order valence-corrected chi connectivity index (χ2v) is 10.6. The highest BCUT2D eigenvalue weighted by Crippen LogP contribution is 2.29. The molecule has 1 aliphatic carbocycles. The average molecular weight is 492 g/mol. The van der Waals surface area contributed by atoms with Gasteiger partial charge >= 0.3 is 0 Å². The zero-order chi connectivity index (χ0) is 25.2. The van der Waals surface area contributed by atoms with Crippen LogP contribution in [-0.2, 0) is 9.59 Å². The molecule has 0 bridgehead atoms. The highest BCUT2D eigenvalue weighted by molar-refractivity contribution is 5.89. The van der Waals surface area contributed by atoms with E-state index in [9.17, 15) is 14.4 Å². The minimum absolute atomic E-state index is 0.108. The number of rotatable bonds is 4. The summed E-state index contributed by atoms with van der Waals surface area (Å²) in [6.07, 6.45) is 6.93. The second kappa shape index (κ2) is 10.4. The van der Waals surface area contributed by atoms with Crippen molar-refractivity contribution in [1.82, 2.24) is 19.6 Å². The minimum atomic E-state index is -0.226. The lowest BCUT2D eigenvalue weighted by atomic mass is 9.94. The SMILES string of the molecule is Cc1ccc(-n2nc(N3CCCN(C(=O)C4CC(=O)N(C5CCCCC5)C4)CC3)ccc2=O)cc1C. The Hall–Kier alpha value is -3.16. The predicted octanol–water partition coefficient (Wildman–Crippen LogP) is 3.07. The molecule has 8 nitrogen and oxygen atoms in total. The lowest BCUT2D eigenvalue weighted by Gasteiger charge is -2.31. The van der Waals surface area contributed by atoms with Gasteiger partial charge in [0.05, 0.1) is 11.6 Å². The number of aromatic nitrogens is 2. The summed E-state index contributed by atoms with van der Waals surface area (Å²) in [5.74, 6) is 0.767. The number of hydrogen-bond acceptors (Lipinski definition) is 5. The predicted molar refractivity (Wildman–Crippen MR) is 139 cm³/mol. The molecule has 1 aromatic heterocycles. The highest BCUT2D eigenvalue weighted by Gasteiger charge is 2.40. The van der Waals surface area contributed by atoms with Crippen LogP contribution in [0, 0.1) is 19.8 Å². The maximum absolute atomic E-state index is 13.4. The summed E-state index contributed by atoms with van der Waals surface area (Å²) in [5, 5.41) is 4.67. The average Bonchev–Trinajstić information content (AvgIpc) is 3.11. The van der Waals surface area contributed by atoms with Crippen LogP contribution >= 0.6 is 0 Å². The van der Waals surface area contributed by atoms with Crippen LogP contribution in [0.5, 0.6) is 0 Å². The largest absolute Gasteiger partial charge is 0.353 e. The van der Waals surface area contributed by atoms with Gasteiger partial charge in [0.2, 0.25) is 11.8 Å². The molecule has 0 N–H and O–H groups in total. The molecule has 2 aromatic rings. The summed E-state index contributed by atoms with van der Waals surface area (Å²) in [5.41, 5.74) is 2.88. The minimum Gasteiger partial charge on any atom is -0.353 e. The molecule has 1 saturated carbocycles. The molecule has 1 unspecified atom stereocenters. The molecular weight excluding hydrogens is 454 g/mol. The number of benzene rings is 1. The number of aryl methyl sites for hydroxylation is 2. The van der Waals surface area contributed by atoms with E-state index >= 15 is 0 Å². The van der Waals surface area contributed by atoms with Gasteiger partial charge in [-0.1, -0.05) is 25.3 Å². The molecule has 0 spiro atoms. The summed E-state index contributed by atoms with van der Waals surface area (Å²) in [7, 11) is 0. The Balaban J connectivity index is 1.25. The van der Waals surface area contributed by atoms with Crippen LogP contribution in [0.3, 0.4) is 0 Å². The first-order valence-corrected chi connectivity index (χ1v) is 13.4.